The third kappa shape index (κ3) is 12.1. The van der Waals surface area contributed by atoms with E-state index in [1.807, 2.05) is 33.8 Å². The topological polar surface area (TPSA) is 43.8 Å². The number of halogens is 1. The lowest BCUT2D eigenvalue weighted by molar-refractivity contribution is 0.645. The maximum atomic E-state index is 10.8. The Labute approximate surface area is 159 Å². The minimum Gasteiger partial charge on any atom is -0.384 e. The molecule has 0 spiro atoms. The second-order valence-electron chi connectivity index (χ2n) is 5.77. The second-order valence-corrected chi connectivity index (χ2v) is 5.77. The van der Waals surface area contributed by atoms with Gasteiger partial charge in [0.25, 0.3) is 0 Å². The van der Waals surface area contributed by atoms with E-state index in [0.29, 0.717) is 5.82 Å². The molecule has 0 aromatic carbocycles. The molecule has 2 N–H and O–H groups in total. The van der Waals surface area contributed by atoms with Crippen LogP contribution in [0.2, 0.25) is 0 Å². The van der Waals surface area contributed by atoms with Crippen molar-refractivity contribution >= 4 is 11.5 Å². The Kier molecular flexibility index (Phi) is 14.9. The molecule has 1 aromatic rings. The monoisotopic (exact) mass is 361 g/mol. The highest BCUT2D eigenvalue weighted by Gasteiger charge is 2.07. The van der Waals surface area contributed by atoms with Gasteiger partial charge < -0.3 is 5.73 Å². The van der Waals surface area contributed by atoms with Crippen LogP contribution < -0.4 is 5.73 Å². The van der Waals surface area contributed by atoms with Crippen molar-refractivity contribution in [3.8, 4) is 0 Å². The van der Waals surface area contributed by atoms with Crippen LogP contribution in [-0.2, 0) is 0 Å². The molecule has 1 aliphatic rings. The molecule has 0 fully saturated rings. The summed E-state index contributed by atoms with van der Waals surface area (Å²) in [5, 5.41) is 4.37. The average molecular weight is 362 g/mol. The molecule has 0 aliphatic heterocycles. The highest BCUT2D eigenvalue weighted by atomic mass is 19.1. The van der Waals surface area contributed by atoms with Gasteiger partial charge in [-0.1, -0.05) is 50.3 Å². The number of hydrogen-bond donors (Lipinski definition) is 1. The largest absolute Gasteiger partial charge is 0.384 e. The summed E-state index contributed by atoms with van der Waals surface area (Å²) in [5.74, 6) is 0.349. The molecule has 1 aliphatic carbocycles. The third-order valence-corrected chi connectivity index (χ3v) is 2.98. The highest BCUT2D eigenvalue weighted by molar-refractivity contribution is 5.67. The SMILES string of the molecule is C=C(C)F.CC.CC1=C(n2nc(C)cc2N)C=CCC=C1.CC=C(C)C. The van der Waals surface area contributed by atoms with E-state index in [9.17, 15) is 4.39 Å². The van der Waals surface area contributed by atoms with E-state index in [0.717, 1.165) is 17.8 Å². The van der Waals surface area contributed by atoms with E-state index in [4.69, 9.17) is 5.73 Å². The first kappa shape index (κ1) is 25.9. The van der Waals surface area contributed by atoms with Crippen molar-refractivity contribution in [2.75, 3.05) is 5.73 Å². The molecule has 146 valence electrons. The number of hydrogen-bond acceptors (Lipinski definition) is 2. The van der Waals surface area contributed by atoms with Crippen LogP contribution in [0.4, 0.5) is 10.2 Å². The van der Waals surface area contributed by atoms with Crippen molar-refractivity contribution < 1.29 is 4.39 Å². The van der Waals surface area contributed by atoms with Gasteiger partial charge >= 0.3 is 0 Å². The van der Waals surface area contributed by atoms with E-state index in [1.54, 1.807) is 4.68 Å². The number of nitrogen functional groups attached to an aromatic ring is 1. The molecule has 26 heavy (non-hydrogen) atoms. The van der Waals surface area contributed by atoms with Crippen molar-refractivity contribution in [2.45, 2.75) is 61.8 Å². The van der Waals surface area contributed by atoms with Gasteiger partial charge in [0.05, 0.1) is 17.2 Å². The van der Waals surface area contributed by atoms with Crippen molar-refractivity contribution in [3.63, 3.8) is 0 Å². The van der Waals surface area contributed by atoms with Gasteiger partial charge in [-0.15, -0.1) is 0 Å². The lowest BCUT2D eigenvalue weighted by Gasteiger charge is -2.06. The van der Waals surface area contributed by atoms with Crippen LogP contribution in [0.3, 0.4) is 0 Å². The second kappa shape index (κ2) is 14.9. The number of allylic oxidation sites excluding steroid dienone is 9. The smallest absolute Gasteiger partial charge is 0.127 e. The summed E-state index contributed by atoms with van der Waals surface area (Å²) in [6.07, 6.45) is 11.5. The van der Waals surface area contributed by atoms with Crippen molar-refractivity contribution in [3.05, 3.63) is 65.7 Å². The van der Waals surface area contributed by atoms with Crippen molar-refractivity contribution in [1.29, 1.82) is 0 Å². The standard InChI is InChI=1S/C12H15N3.C5H10.C3H5F.C2H6/c1-9-6-4-3-5-7-11(9)15-12(13)8-10(2)14-15;1-4-5(2)3;1-3(2)4;1-2/h4-8H,3,13H2,1-2H3;4H,1-3H3;1H2,2H3;1-2H3. The van der Waals surface area contributed by atoms with Gasteiger partial charge in [-0.05, 0) is 59.6 Å². The van der Waals surface area contributed by atoms with Gasteiger partial charge in [0.1, 0.15) is 5.82 Å². The molecule has 2 rings (SSSR count). The predicted molar refractivity (Wildman–Crippen MR) is 116 cm³/mol. The highest BCUT2D eigenvalue weighted by Crippen LogP contribution is 2.20. The molecule has 0 atom stereocenters. The molecule has 1 heterocycles. The lowest BCUT2D eigenvalue weighted by atomic mass is 10.2. The number of aromatic nitrogens is 2. The van der Waals surface area contributed by atoms with Crippen molar-refractivity contribution in [2.24, 2.45) is 0 Å². The molecule has 0 radical (unpaired) electrons. The molecule has 0 bridgehead atoms. The van der Waals surface area contributed by atoms with Crippen LogP contribution >= 0.6 is 0 Å². The fraction of sp³-hybridized carbons (Fsp3) is 0.409. The first-order chi connectivity index (χ1) is 12.2. The van der Waals surface area contributed by atoms with Gasteiger partial charge in [-0.3, -0.25) is 0 Å². The van der Waals surface area contributed by atoms with Gasteiger partial charge in [-0.2, -0.15) is 5.10 Å². The molecule has 1 aromatic heterocycles. The minimum atomic E-state index is -0.333. The first-order valence-corrected chi connectivity index (χ1v) is 8.96. The Morgan fingerprint density at radius 2 is 1.65 bits per heavy atom. The Morgan fingerprint density at radius 3 is 2.04 bits per heavy atom. The molecular formula is C22H36FN3. The Balaban J connectivity index is 0. The fourth-order valence-electron chi connectivity index (χ4n) is 1.67. The summed E-state index contributed by atoms with van der Waals surface area (Å²) in [7, 11) is 0. The Morgan fingerprint density at radius 1 is 1.19 bits per heavy atom. The van der Waals surface area contributed by atoms with E-state index >= 15 is 0 Å². The molecule has 0 amide bonds. The molecule has 4 heteroatoms. The zero-order valence-electron chi connectivity index (χ0n) is 17.7. The first-order valence-electron chi connectivity index (χ1n) is 8.96. The quantitative estimate of drug-likeness (QED) is 0.547. The molecule has 0 unspecified atom stereocenters. The van der Waals surface area contributed by atoms with Crippen LogP contribution in [0.15, 0.2) is 60.0 Å². The normalized spacial score (nSPS) is 11.7. The van der Waals surface area contributed by atoms with Gasteiger partial charge in [-0.25, -0.2) is 9.07 Å². The van der Waals surface area contributed by atoms with Crippen LogP contribution in [-0.4, -0.2) is 9.78 Å². The zero-order valence-corrected chi connectivity index (χ0v) is 17.7. The Bertz CT molecular complexity index is 651. The van der Waals surface area contributed by atoms with Crippen LogP contribution in [0, 0.1) is 6.92 Å². The minimum absolute atomic E-state index is 0.333. The summed E-state index contributed by atoms with van der Waals surface area (Å²) in [6, 6.07) is 1.88. The van der Waals surface area contributed by atoms with Crippen LogP contribution in [0.1, 0.15) is 60.6 Å². The number of aryl methyl sites for hydroxylation is 1. The van der Waals surface area contributed by atoms with Gasteiger partial charge in [0.2, 0.25) is 0 Å². The summed E-state index contributed by atoms with van der Waals surface area (Å²) in [5.41, 5.74) is 10.4. The van der Waals surface area contributed by atoms with Gasteiger partial charge in [0.15, 0.2) is 0 Å². The number of nitrogens with zero attached hydrogens (tertiary/aromatic N) is 2. The predicted octanol–water partition coefficient (Wildman–Crippen LogP) is 7.01. The van der Waals surface area contributed by atoms with Crippen LogP contribution in [0.25, 0.3) is 5.70 Å². The molecule has 0 saturated carbocycles. The maximum Gasteiger partial charge on any atom is 0.127 e. The fourth-order valence-corrected chi connectivity index (χ4v) is 1.67. The Hall–Kier alpha value is -2.36. The molecule has 3 nitrogen and oxygen atoms in total. The summed E-state index contributed by atoms with van der Waals surface area (Å²) < 4.78 is 12.6. The number of anilines is 1. The summed E-state index contributed by atoms with van der Waals surface area (Å²) in [6.45, 7) is 18.4. The number of rotatable bonds is 1. The third-order valence-electron chi connectivity index (χ3n) is 2.98. The number of nitrogens with two attached hydrogens (primary N) is 1. The summed E-state index contributed by atoms with van der Waals surface area (Å²) >= 11 is 0. The van der Waals surface area contributed by atoms with E-state index in [1.165, 1.54) is 18.1 Å². The lowest BCUT2D eigenvalue weighted by Crippen LogP contribution is -2.03. The van der Waals surface area contributed by atoms with Crippen molar-refractivity contribution in [1.82, 2.24) is 9.78 Å². The molecular weight excluding hydrogens is 325 g/mol. The van der Waals surface area contributed by atoms with E-state index in [-0.39, 0.29) is 5.83 Å². The van der Waals surface area contributed by atoms with Crippen LogP contribution in [0.5, 0.6) is 0 Å². The van der Waals surface area contributed by atoms with Gasteiger partial charge in [0, 0.05) is 6.07 Å². The van der Waals surface area contributed by atoms with E-state index < -0.39 is 0 Å². The zero-order chi connectivity index (χ0) is 20.7. The summed E-state index contributed by atoms with van der Waals surface area (Å²) in [4.78, 5) is 0. The average Bonchev–Trinajstić information content (AvgIpc) is 2.77. The maximum absolute atomic E-state index is 10.8. The molecule has 0 saturated heterocycles. The van der Waals surface area contributed by atoms with E-state index in [2.05, 4.69) is 62.8 Å².